The Bertz CT molecular complexity index is 817. The zero-order valence-corrected chi connectivity index (χ0v) is 16.1. The van der Waals surface area contributed by atoms with E-state index in [4.69, 9.17) is 0 Å². The third-order valence-corrected chi connectivity index (χ3v) is 6.35. The first-order valence-corrected chi connectivity index (χ1v) is 9.95. The molecule has 1 fully saturated rings. The second-order valence-electron chi connectivity index (χ2n) is 7.31. The summed E-state index contributed by atoms with van der Waals surface area (Å²) in [5.41, 5.74) is 3.12. The van der Waals surface area contributed by atoms with Crippen molar-refractivity contribution in [3.8, 4) is 0 Å². The Morgan fingerprint density at radius 2 is 1.92 bits per heavy atom. The first kappa shape index (κ1) is 17.7. The van der Waals surface area contributed by atoms with E-state index in [1.54, 1.807) is 12.1 Å². The van der Waals surface area contributed by atoms with Crippen LogP contribution in [0.2, 0.25) is 0 Å². The molecule has 2 aromatic rings. The van der Waals surface area contributed by atoms with E-state index in [0.717, 1.165) is 60.2 Å². The minimum Gasteiger partial charge on any atom is -0.325 e. The van der Waals surface area contributed by atoms with Crippen LogP contribution in [-0.2, 0) is 11.2 Å². The van der Waals surface area contributed by atoms with Gasteiger partial charge in [-0.05, 0) is 73.7 Å². The van der Waals surface area contributed by atoms with Crippen LogP contribution in [0.15, 0.2) is 46.9 Å². The summed E-state index contributed by atoms with van der Waals surface area (Å²) in [7, 11) is 0. The average molecular weight is 417 g/mol. The largest absolute Gasteiger partial charge is 0.325 e. The highest BCUT2D eigenvalue weighted by Gasteiger charge is 2.32. The number of nitrogens with one attached hydrogen (secondary N) is 1. The molecule has 2 heterocycles. The zero-order valence-electron chi connectivity index (χ0n) is 14.6. The molecule has 0 aliphatic carbocycles. The number of para-hydroxylation sites is 1. The molecule has 2 aliphatic heterocycles. The minimum absolute atomic E-state index is 0.0693. The van der Waals surface area contributed by atoms with E-state index < -0.39 is 0 Å². The predicted octanol–water partition coefficient (Wildman–Crippen LogP) is 4.58. The highest BCUT2D eigenvalue weighted by Crippen LogP contribution is 2.34. The summed E-state index contributed by atoms with van der Waals surface area (Å²) in [5, 5.41) is 2.98. The van der Waals surface area contributed by atoms with E-state index in [-0.39, 0.29) is 17.6 Å². The Kier molecular flexibility index (Phi) is 5.09. The Labute approximate surface area is 161 Å². The van der Waals surface area contributed by atoms with Gasteiger partial charge in [0.05, 0.1) is 5.92 Å². The molecule has 0 spiro atoms. The monoisotopic (exact) mass is 416 g/mol. The van der Waals surface area contributed by atoms with Gasteiger partial charge in [-0.1, -0.05) is 34.1 Å². The number of likely N-dealkylation sites (tertiary alicyclic amines) is 1. The maximum atomic E-state index is 13.5. The number of benzene rings is 2. The van der Waals surface area contributed by atoms with Crippen LogP contribution in [0.4, 0.5) is 10.1 Å². The SMILES string of the molecule is O=C1Nc2ccccc2C1CN1CCC(Cc2cc(F)ccc2Br)CC1. The summed E-state index contributed by atoms with van der Waals surface area (Å²) in [6.07, 6.45) is 3.07. The number of fused-ring (bicyclic) bond motifs is 1. The number of piperidine rings is 1. The Hall–Kier alpha value is -1.72. The van der Waals surface area contributed by atoms with Gasteiger partial charge in [0.15, 0.2) is 0 Å². The van der Waals surface area contributed by atoms with Crippen molar-refractivity contribution in [2.24, 2.45) is 5.92 Å². The van der Waals surface area contributed by atoms with Gasteiger partial charge >= 0.3 is 0 Å². The molecule has 0 saturated carbocycles. The molecule has 2 aliphatic rings. The van der Waals surface area contributed by atoms with Gasteiger partial charge < -0.3 is 10.2 Å². The molecular weight excluding hydrogens is 395 g/mol. The van der Waals surface area contributed by atoms with Crippen LogP contribution >= 0.6 is 15.9 Å². The zero-order chi connectivity index (χ0) is 18.1. The van der Waals surface area contributed by atoms with E-state index in [2.05, 4.69) is 26.1 Å². The van der Waals surface area contributed by atoms with Gasteiger partial charge in [0, 0.05) is 16.7 Å². The summed E-state index contributed by atoms with van der Waals surface area (Å²) < 4.78 is 14.5. The van der Waals surface area contributed by atoms with E-state index in [1.165, 1.54) is 6.07 Å². The average Bonchev–Trinajstić information content (AvgIpc) is 2.95. The van der Waals surface area contributed by atoms with Crippen LogP contribution in [-0.4, -0.2) is 30.4 Å². The third-order valence-electron chi connectivity index (χ3n) is 5.57. The Morgan fingerprint density at radius 1 is 1.15 bits per heavy atom. The van der Waals surface area contributed by atoms with Crippen LogP contribution < -0.4 is 5.32 Å². The summed E-state index contributed by atoms with van der Waals surface area (Å²) >= 11 is 3.53. The number of nitrogens with zero attached hydrogens (tertiary/aromatic N) is 1. The summed E-state index contributed by atoms with van der Waals surface area (Å²) in [5.74, 6) is 0.428. The molecule has 1 atom stereocenters. The van der Waals surface area contributed by atoms with Crippen molar-refractivity contribution in [2.75, 3.05) is 25.0 Å². The van der Waals surface area contributed by atoms with Crippen molar-refractivity contribution in [2.45, 2.75) is 25.2 Å². The number of hydrogen-bond acceptors (Lipinski definition) is 2. The Balaban J connectivity index is 1.34. The van der Waals surface area contributed by atoms with Gasteiger partial charge in [0.2, 0.25) is 5.91 Å². The molecule has 0 radical (unpaired) electrons. The number of halogens is 2. The van der Waals surface area contributed by atoms with E-state index in [9.17, 15) is 9.18 Å². The highest BCUT2D eigenvalue weighted by atomic mass is 79.9. The number of hydrogen-bond donors (Lipinski definition) is 1. The molecule has 26 heavy (non-hydrogen) atoms. The lowest BCUT2D eigenvalue weighted by Crippen LogP contribution is -2.38. The second-order valence-corrected chi connectivity index (χ2v) is 8.17. The van der Waals surface area contributed by atoms with E-state index >= 15 is 0 Å². The van der Waals surface area contributed by atoms with Crippen molar-refractivity contribution in [1.29, 1.82) is 0 Å². The van der Waals surface area contributed by atoms with Crippen LogP contribution in [0.25, 0.3) is 0 Å². The van der Waals surface area contributed by atoms with Gasteiger partial charge in [0.1, 0.15) is 5.82 Å². The van der Waals surface area contributed by atoms with Crippen molar-refractivity contribution < 1.29 is 9.18 Å². The molecule has 1 saturated heterocycles. The number of rotatable bonds is 4. The molecule has 1 N–H and O–H groups in total. The number of carbonyl (C=O) groups excluding carboxylic acids is 1. The van der Waals surface area contributed by atoms with Gasteiger partial charge in [-0.2, -0.15) is 0 Å². The minimum atomic E-state index is -0.174. The molecule has 4 rings (SSSR count). The molecule has 3 nitrogen and oxygen atoms in total. The standard InChI is InChI=1S/C21H22BrFN2O/c22-19-6-5-16(23)12-15(19)11-14-7-9-25(10-8-14)13-18-17-3-1-2-4-20(17)24-21(18)26/h1-6,12,14,18H,7-11,13H2,(H,24,26). The predicted molar refractivity (Wildman–Crippen MR) is 105 cm³/mol. The highest BCUT2D eigenvalue weighted by molar-refractivity contribution is 9.10. The quantitative estimate of drug-likeness (QED) is 0.790. The van der Waals surface area contributed by atoms with Gasteiger partial charge in [-0.25, -0.2) is 4.39 Å². The fourth-order valence-corrected chi connectivity index (χ4v) is 4.51. The second kappa shape index (κ2) is 7.49. The fraction of sp³-hybridized carbons (Fsp3) is 0.381. The molecular formula is C21H22BrFN2O. The van der Waals surface area contributed by atoms with Gasteiger partial charge in [0.25, 0.3) is 0 Å². The lowest BCUT2D eigenvalue weighted by molar-refractivity contribution is -0.117. The van der Waals surface area contributed by atoms with Crippen molar-refractivity contribution >= 4 is 27.5 Å². The molecule has 2 aromatic carbocycles. The van der Waals surface area contributed by atoms with E-state index in [1.807, 2.05) is 24.3 Å². The number of amides is 1. The van der Waals surface area contributed by atoms with Crippen molar-refractivity contribution in [3.63, 3.8) is 0 Å². The van der Waals surface area contributed by atoms with Crippen LogP contribution in [0, 0.1) is 11.7 Å². The summed E-state index contributed by atoms with van der Waals surface area (Å²) in [6, 6.07) is 12.9. The molecule has 0 bridgehead atoms. The number of anilines is 1. The molecule has 136 valence electrons. The number of carbonyl (C=O) groups is 1. The van der Waals surface area contributed by atoms with Crippen molar-refractivity contribution in [3.05, 3.63) is 63.9 Å². The first-order chi connectivity index (χ1) is 12.6. The van der Waals surface area contributed by atoms with E-state index in [0.29, 0.717) is 5.92 Å². The normalized spacial score (nSPS) is 20.8. The molecule has 1 amide bonds. The summed E-state index contributed by atoms with van der Waals surface area (Å²) in [4.78, 5) is 14.7. The van der Waals surface area contributed by atoms with Crippen molar-refractivity contribution in [1.82, 2.24) is 4.90 Å². The lowest BCUT2D eigenvalue weighted by atomic mass is 9.89. The van der Waals surface area contributed by atoms with Crippen LogP contribution in [0.1, 0.15) is 29.9 Å². The maximum Gasteiger partial charge on any atom is 0.233 e. The van der Waals surface area contributed by atoms with Crippen LogP contribution in [0.5, 0.6) is 0 Å². The fourth-order valence-electron chi connectivity index (χ4n) is 4.10. The van der Waals surface area contributed by atoms with Crippen LogP contribution in [0.3, 0.4) is 0 Å². The Morgan fingerprint density at radius 3 is 2.73 bits per heavy atom. The smallest absolute Gasteiger partial charge is 0.233 e. The lowest BCUT2D eigenvalue weighted by Gasteiger charge is -2.33. The molecule has 0 aromatic heterocycles. The topological polar surface area (TPSA) is 32.3 Å². The first-order valence-electron chi connectivity index (χ1n) is 9.16. The maximum absolute atomic E-state index is 13.5. The molecule has 5 heteroatoms. The van der Waals surface area contributed by atoms with Gasteiger partial charge in [-0.15, -0.1) is 0 Å². The third kappa shape index (κ3) is 3.69. The molecule has 1 unspecified atom stereocenters. The van der Waals surface area contributed by atoms with Gasteiger partial charge in [-0.3, -0.25) is 4.79 Å². The summed E-state index contributed by atoms with van der Waals surface area (Å²) in [6.45, 7) is 2.76.